The van der Waals surface area contributed by atoms with Gasteiger partial charge in [0.1, 0.15) is 17.8 Å². The molecule has 0 spiro atoms. The average molecular weight is 321 g/mol. The van der Waals surface area contributed by atoms with Crippen molar-refractivity contribution >= 4 is 22.6 Å². The van der Waals surface area contributed by atoms with Crippen LogP contribution in [0.1, 0.15) is 23.3 Å². The number of amides is 1. The third kappa shape index (κ3) is 2.95. The number of aromatic amines is 1. The van der Waals surface area contributed by atoms with Crippen LogP contribution < -0.4 is 5.32 Å². The molecule has 1 aromatic carbocycles. The standard InChI is InChI=1S/C18H19N5O/c24-18(16-11-13-3-1-2-4-15(13)22-16)23-9-6-14(7-10-23)21-17-5-8-19-12-20-17/h1-5,8,11-12,14,22H,6-7,9-10H2,(H,19,20,21). The molecule has 0 aliphatic carbocycles. The van der Waals surface area contributed by atoms with Crippen molar-refractivity contribution in [2.24, 2.45) is 0 Å². The highest BCUT2D eigenvalue weighted by atomic mass is 16.2. The fraction of sp³-hybridized carbons (Fsp3) is 0.278. The highest BCUT2D eigenvalue weighted by molar-refractivity contribution is 5.98. The highest BCUT2D eigenvalue weighted by Gasteiger charge is 2.24. The van der Waals surface area contributed by atoms with Gasteiger partial charge in [0.2, 0.25) is 0 Å². The number of carbonyl (C=O) groups is 1. The van der Waals surface area contributed by atoms with E-state index in [1.165, 1.54) is 6.33 Å². The molecular weight excluding hydrogens is 302 g/mol. The van der Waals surface area contributed by atoms with Gasteiger partial charge in [0.25, 0.3) is 5.91 Å². The minimum absolute atomic E-state index is 0.0756. The van der Waals surface area contributed by atoms with E-state index < -0.39 is 0 Å². The first-order chi connectivity index (χ1) is 11.8. The molecule has 1 aliphatic rings. The minimum atomic E-state index is 0.0756. The Balaban J connectivity index is 1.39. The number of H-pyrrole nitrogens is 1. The van der Waals surface area contributed by atoms with E-state index in [9.17, 15) is 4.79 Å². The second-order valence-electron chi connectivity index (χ2n) is 6.08. The number of hydrogen-bond acceptors (Lipinski definition) is 4. The number of piperidine rings is 1. The van der Waals surface area contributed by atoms with Crippen LogP contribution in [-0.4, -0.2) is 44.9 Å². The Labute approximate surface area is 139 Å². The Hall–Kier alpha value is -2.89. The number of benzene rings is 1. The molecule has 0 atom stereocenters. The molecule has 3 heterocycles. The molecule has 1 saturated heterocycles. The van der Waals surface area contributed by atoms with Gasteiger partial charge >= 0.3 is 0 Å². The van der Waals surface area contributed by atoms with Crippen LogP contribution >= 0.6 is 0 Å². The summed E-state index contributed by atoms with van der Waals surface area (Å²) in [4.78, 5) is 25.9. The van der Waals surface area contributed by atoms with E-state index in [0.717, 1.165) is 42.7 Å². The van der Waals surface area contributed by atoms with Gasteiger partial charge in [-0.25, -0.2) is 9.97 Å². The van der Waals surface area contributed by atoms with Crippen molar-refractivity contribution in [2.45, 2.75) is 18.9 Å². The third-order valence-electron chi connectivity index (χ3n) is 4.48. The molecule has 24 heavy (non-hydrogen) atoms. The Kier molecular flexibility index (Phi) is 3.86. The summed E-state index contributed by atoms with van der Waals surface area (Å²) >= 11 is 0. The van der Waals surface area contributed by atoms with Gasteiger partial charge < -0.3 is 15.2 Å². The number of nitrogens with one attached hydrogen (secondary N) is 2. The summed E-state index contributed by atoms with van der Waals surface area (Å²) in [7, 11) is 0. The van der Waals surface area contributed by atoms with Gasteiger partial charge in [-0.2, -0.15) is 0 Å². The molecule has 0 radical (unpaired) electrons. The zero-order valence-electron chi connectivity index (χ0n) is 13.3. The first kappa shape index (κ1) is 14.7. The lowest BCUT2D eigenvalue weighted by Gasteiger charge is -2.32. The number of nitrogens with zero attached hydrogens (tertiary/aromatic N) is 3. The Morgan fingerprint density at radius 1 is 1.21 bits per heavy atom. The molecule has 2 aromatic heterocycles. The molecule has 2 N–H and O–H groups in total. The van der Waals surface area contributed by atoms with Gasteiger partial charge in [-0.3, -0.25) is 4.79 Å². The lowest BCUT2D eigenvalue weighted by atomic mass is 10.0. The molecule has 6 heteroatoms. The monoisotopic (exact) mass is 321 g/mol. The van der Waals surface area contributed by atoms with Crippen molar-refractivity contribution in [3.63, 3.8) is 0 Å². The molecule has 0 saturated carbocycles. The van der Waals surface area contributed by atoms with Gasteiger partial charge in [0.15, 0.2) is 0 Å². The summed E-state index contributed by atoms with van der Waals surface area (Å²) in [6.07, 6.45) is 5.09. The molecule has 1 amide bonds. The second-order valence-corrected chi connectivity index (χ2v) is 6.08. The molecule has 1 aliphatic heterocycles. The van der Waals surface area contributed by atoms with Crippen molar-refractivity contribution in [3.05, 3.63) is 54.6 Å². The van der Waals surface area contributed by atoms with Crippen LogP contribution in [0.25, 0.3) is 10.9 Å². The largest absolute Gasteiger partial charge is 0.367 e. The van der Waals surface area contributed by atoms with Gasteiger partial charge in [-0.15, -0.1) is 0 Å². The predicted molar refractivity (Wildman–Crippen MR) is 92.9 cm³/mol. The molecule has 4 rings (SSSR count). The first-order valence-electron chi connectivity index (χ1n) is 8.19. The van der Waals surface area contributed by atoms with E-state index in [-0.39, 0.29) is 5.91 Å². The summed E-state index contributed by atoms with van der Waals surface area (Å²) in [5.74, 6) is 0.914. The second kappa shape index (κ2) is 6.31. The van der Waals surface area contributed by atoms with Crippen LogP contribution in [0.3, 0.4) is 0 Å². The van der Waals surface area contributed by atoms with Crippen molar-refractivity contribution < 1.29 is 4.79 Å². The molecular formula is C18H19N5O. The maximum absolute atomic E-state index is 12.7. The van der Waals surface area contributed by atoms with Gasteiger partial charge in [-0.1, -0.05) is 18.2 Å². The smallest absolute Gasteiger partial charge is 0.270 e. The lowest BCUT2D eigenvalue weighted by molar-refractivity contribution is 0.0713. The normalized spacial score (nSPS) is 15.6. The highest BCUT2D eigenvalue weighted by Crippen LogP contribution is 2.19. The van der Waals surface area contributed by atoms with Crippen molar-refractivity contribution in [1.29, 1.82) is 0 Å². The van der Waals surface area contributed by atoms with Crippen LogP contribution in [0, 0.1) is 0 Å². The Morgan fingerprint density at radius 2 is 2.04 bits per heavy atom. The summed E-state index contributed by atoms with van der Waals surface area (Å²) in [5, 5.41) is 4.48. The van der Waals surface area contributed by atoms with E-state index in [4.69, 9.17) is 0 Å². The quantitative estimate of drug-likeness (QED) is 0.778. The van der Waals surface area contributed by atoms with Crippen molar-refractivity contribution in [2.75, 3.05) is 18.4 Å². The molecule has 1 fully saturated rings. The van der Waals surface area contributed by atoms with Crippen molar-refractivity contribution in [3.8, 4) is 0 Å². The Bertz CT molecular complexity index is 804. The summed E-state index contributed by atoms with van der Waals surface area (Å²) in [6.45, 7) is 1.49. The molecule has 122 valence electrons. The van der Waals surface area contributed by atoms with Crippen molar-refractivity contribution in [1.82, 2.24) is 19.9 Å². The summed E-state index contributed by atoms with van der Waals surface area (Å²) in [6, 6.07) is 12.1. The van der Waals surface area contributed by atoms with Gasteiger partial charge in [0.05, 0.1) is 0 Å². The van der Waals surface area contributed by atoms with Crippen LogP contribution in [0.2, 0.25) is 0 Å². The average Bonchev–Trinajstić information content (AvgIpc) is 3.07. The number of anilines is 1. The predicted octanol–water partition coefficient (Wildman–Crippen LogP) is 2.67. The fourth-order valence-electron chi connectivity index (χ4n) is 3.17. The first-order valence-corrected chi connectivity index (χ1v) is 8.19. The number of carbonyl (C=O) groups excluding carboxylic acids is 1. The molecule has 0 unspecified atom stereocenters. The molecule has 0 bridgehead atoms. The molecule has 3 aromatic rings. The third-order valence-corrected chi connectivity index (χ3v) is 4.48. The van der Waals surface area contributed by atoms with E-state index in [1.54, 1.807) is 6.20 Å². The zero-order chi connectivity index (χ0) is 16.4. The SMILES string of the molecule is O=C(c1cc2ccccc2[nH]1)N1CCC(Nc2ccncn2)CC1. The van der Waals surface area contributed by atoms with E-state index >= 15 is 0 Å². The number of fused-ring (bicyclic) bond motifs is 1. The van der Waals surface area contributed by atoms with Crippen LogP contribution in [0.4, 0.5) is 5.82 Å². The number of rotatable bonds is 3. The fourth-order valence-corrected chi connectivity index (χ4v) is 3.17. The van der Waals surface area contributed by atoms with Crippen LogP contribution in [0.5, 0.6) is 0 Å². The van der Waals surface area contributed by atoms with E-state index in [2.05, 4.69) is 20.3 Å². The summed E-state index contributed by atoms with van der Waals surface area (Å²) < 4.78 is 0. The van der Waals surface area contributed by atoms with Crippen LogP contribution in [-0.2, 0) is 0 Å². The van der Waals surface area contributed by atoms with Gasteiger partial charge in [0, 0.05) is 36.2 Å². The maximum Gasteiger partial charge on any atom is 0.270 e. The number of likely N-dealkylation sites (tertiary alicyclic amines) is 1. The topological polar surface area (TPSA) is 73.9 Å². The van der Waals surface area contributed by atoms with E-state index in [1.807, 2.05) is 41.3 Å². The van der Waals surface area contributed by atoms with Crippen LogP contribution in [0.15, 0.2) is 48.9 Å². The van der Waals surface area contributed by atoms with E-state index in [0.29, 0.717) is 11.7 Å². The number of hydrogen-bond donors (Lipinski definition) is 2. The number of para-hydroxylation sites is 1. The Morgan fingerprint density at radius 3 is 2.79 bits per heavy atom. The maximum atomic E-state index is 12.7. The zero-order valence-corrected chi connectivity index (χ0v) is 13.3. The number of aromatic nitrogens is 3. The lowest BCUT2D eigenvalue weighted by Crippen LogP contribution is -2.42. The minimum Gasteiger partial charge on any atom is -0.367 e. The molecule has 6 nitrogen and oxygen atoms in total. The van der Waals surface area contributed by atoms with Gasteiger partial charge in [-0.05, 0) is 31.0 Å². The summed E-state index contributed by atoms with van der Waals surface area (Å²) in [5.41, 5.74) is 1.67.